The van der Waals surface area contributed by atoms with Crippen LogP contribution in [0.15, 0.2) is 48.5 Å². The second-order valence-corrected chi connectivity index (χ2v) is 9.29. The highest BCUT2D eigenvalue weighted by atomic mass is 35.5. The Hall–Kier alpha value is -2.57. The molecule has 2 aromatic rings. The van der Waals surface area contributed by atoms with E-state index in [2.05, 4.69) is 22.3 Å². The summed E-state index contributed by atoms with van der Waals surface area (Å²) in [6.07, 6.45) is 3.74. The monoisotopic (exact) mass is 469 g/mol. The van der Waals surface area contributed by atoms with Crippen LogP contribution in [0.3, 0.4) is 0 Å². The molecule has 0 unspecified atom stereocenters. The van der Waals surface area contributed by atoms with E-state index in [1.807, 2.05) is 17.0 Å². The molecule has 0 aliphatic carbocycles. The fourth-order valence-electron chi connectivity index (χ4n) is 4.82. The van der Waals surface area contributed by atoms with E-state index in [0.29, 0.717) is 43.1 Å². The zero-order valence-corrected chi connectivity index (χ0v) is 19.9. The number of likely N-dealkylation sites (tertiary alicyclic amines) is 2. The number of amides is 2. The Morgan fingerprint density at radius 1 is 1.06 bits per heavy atom. The number of methoxy groups -OCH3 is 1. The minimum Gasteiger partial charge on any atom is -0.497 e. The van der Waals surface area contributed by atoms with Crippen molar-refractivity contribution in [2.45, 2.75) is 31.7 Å². The molecule has 0 spiro atoms. The van der Waals surface area contributed by atoms with Gasteiger partial charge in [-0.2, -0.15) is 0 Å². The molecule has 2 aromatic carbocycles. The Labute approximate surface area is 200 Å². The smallest absolute Gasteiger partial charge is 0.253 e. The summed E-state index contributed by atoms with van der Waals surface area (Å²) in [6.45, 7) is 3.85. The van der Waals surface area contributed by atoms with E-state index >= 15 is 0 Å². The summed E-state index contributed by atoms with van der Waals surface area (Å²) in [6, 6.07) is 15.2. The van der Waals surface area contributed by atoms with E-state index in [-0.39, 0.29) is 23.8 Å². The van der Waals surface area contributed by atoms with Crippen molar-refractivity contribution < 1.29 is 14.3 Å². The Morgan fingerprint density at radius 2 is 1.76 bits per heavy atom. The number of nitrogens with one attached hydrogen (secondary N) is 1. The third-order valence-corrected chi connectivity index (χ3v) is 7.03. The normalized spacial score (nSPS) is 18.2. The molecule has 1 atom stereocenters. The number of piperidine rings is 1. The predicted molar refractivity (Wildman–Crippen MR) is 130 cm³/mol. The quantitative estimate of drug-likeness (QED) is 0.661. The minimum absolute atomic E-state index is 0.00218. The zero-order valence-electron chi connectivity index (χ0n) is 19.1. The van der Waals surface area contributed by atoms with E-state index in [1.165, 1.54) is 18.4 Å². The van der Waals surface area contributed by atoms with Crippen LogP contribution in [-0.2, 0) is 4.79 Å². The van der Waals surface area contributed by atoms with Crippen molar-refractivity contribution in [1.29, 1.82) is 0 Å². The molecule has 2 saturated heterocycles. The molecule has 0 saturated carbocycles. The summed E-state index contributed by atoms with van der Waals surface area (Å²) < 4.78 is 5.41. The Morgan fingerprint density at radius 3 is 2.42 bits per heavy atom. The molecule has 2 heterocycles. The number of carbonyl (C=O) groups excluding carboxylic acids is 2. The molecule has 7 heteroatoms. The standard InChI is InChI=1S/C26H32ClN3O3/c1-33-23-6-4-5-21(17-23)24(29-13-2-3-14-29)18-28-25(31)19-11-15-30(16-12-19)26(32)20-7-9-22(27)10-8-20/h4-10,17,19,24H,2-3,11-16,18H2,1H3,(H,28,31)/t24-/m1/s1. The maximum Gasteiger partial charge on any atom is 0.253 e. The van der Waals surface area contributed by atoms with Gasteiger partial charge in [-0.05, 0) is 80.7 Å². The van der Waals surface area contributed by atoms with Gasteiger partial charge in [-0.3, -0.25) is 14.5 Å². The van der Waals surface area contributed by atoms with Gasteiger partial charge in [0.1, 0.15) is 5.75 Å². The first-order valence-corrected chi connectivity index (χ1v) is 12.1. The molecule has 0 bridgehead atoms. The average Bonchev–Trinajstić information content (AvgIpc) is 3.39. The summed E-state index contributed by atoms with van der Waals surface area (Å²) in [7, 11) is 1.68. The third kappa shape index (κ3) is 5.87. The van der Waals surface area contributed by atoms with Crippen LogP contribution in [0, 0.1) is 5.92 Å². The fourth-order valence-corrected chi connectivity index (χ4v) is 4.95. The van der Waals surface area contributed by atoms with E-state index in [1.54, 1.807) is 31.4 Å². The molecule has 6 nitrogen and oxygen atoms in total. The van der Waals surface area contributed by atoms with E-state index < -0.39 is 0 Å². The second-order valence-electron chi connectivity index (χ2n) is 8.85. The molecule has 33 heavy (non-hydrogen) atoms. The number of hydrogen-bond donors (Lipinski definition) is 1. The first-order chi connectivity index (χ1) is 16.0. The fraction of sp³-hybridized carbons (Fsp3) is 0.462. The van der Waals surface area contributed by atoms with Crippen molar-refractivity contribution >= 4 is 23.4 Å². The van der Waals surface area contributed by atoms with Gasteiger partial charge in [-0.15, -0.1) is 0 Å². The van der Waals surface area contributed by atoms with E-state index in [9.17, 15) is 9.59 Å². The van der Waals surface area contributed by atoms with Crippen molar-refractivity contribution in [1.82, 2.24) is 15.1 Å². The lowest BCUT2D eigenvalue weighted by Gasteiger charge is -2.33. The van der Waals surface area contributed by atoms with E-state index in [0.717, 1.165) is 18.8 Å². The SMILES string of the molecule is COc1cccc([C@@H](CNC(=O)C2CCN(C(=O)c3ccc(Cl)cc3)CC2)N2CCCC2)c1. The highest BCUT2D eigenvalue weighted by Crippen LogP contribution is 2.28. The summed E-state index contributed by atoms with van der Waals surface area (Å²) in [5.41, 5.74) is 1.80. The first kappa shape index (κ1) is 23.6. The van der Waals surface area contributed by atoms with Gasteiger partial charge in [-0.1, -0.05) is 23.7 Å². The average molecular weight is 470 g/mol. The predicted octanol–water partition coefficient (Wildman–Crippen LogP) is 4.15. The third-order valence-electron chi connectivity index (χ3n) is 6.77. The second kappa shape index (κ2) is 11.0. The van der Waals surface area contributed by atoms with Crippen molar-refractivity contribution in [2.24, 2.45) is 5.92 Å². The summed E-state index contributed by atoms with van der Waals surface area (Å²) >= 11 is 5.93. The lowest BCUT2D eigenvalue weighted by molar-refractivity contribution is -0.126. The summed E-state index contributed by atoms with van der Waals surface area (Å²) in [5.74, 6) is 0.850. The van der Waals surface area contributed by atoms with Crippen LogP contribution < -0.4 is 10.1 Å². The largest absolute Gasteiger partial charge is 0.497 e. The number of benzene rings is 2. The van der Waals surface area contributed by atoms with Crippen LogP contribution in [-0.4, -0.2) is 61.4 Å². The Balaban J connectivity index is 1.32. The summed E-state index contributed by atoms with van der Waals surface area (Å²) in [5, 5.41) is 3.82. The lowest BCUT2D eigenvalue weighted by atomic mass is 9.95. The number of ether oxygens (including phenoxy) is 1. The number of nitrogens with zero attached hydrogens (tertiary/aromatic N) is 2. The molecule has 2 aliphatic heterocycles. The van der Waals surface area contributed by atoms with Crippen molar-refractivity contribution in [3.05, 3.63) is 64.7 Å². The highest BCUT2D eigenvalue weighted by Gasteiger charge is 2.29. The van der Waals surface area contributed by atoms with Crippen LogP contribution in [0.25, 0.3) is 0 Å². The van der Waals surface area contributed by atoms with Crippen LogP contribution in [0.1, 0.15) is 47.6 Å². The highest BCUT2D eigenvalue weighted by molar-refractivity contribution is 6.30. The lowest BCUT2D eigenvalue weighted by Crippen LogP contribution is -2.44. The van der Waals surface area contributed by atoms with Crippen LogP contribution in [0.5, 0.6) is 5.75 Å². The maximum absolute atomic E-state index is 13.0. The van der Waals surface area contributed by atoms with Crippen molar-refractivity contribution in [3.63, 3.8) is 0 Å². The first-order valence-electron chi connectivity index (χ1n) is 11.8. The summed E-state index contributed by atoms with van der Waals surface area (Å²) in [4.78, 5) is 30.0. The molecule has 2 amide bonds. The molecule has 2 aliphatic rings. The molecular weight excluding hydrogens is 438 g/mol. The van der Waals surface area contributed by atoms with Gasteiger partial charge in [0.2, 0.25) is 5.91 Å². The number of carbonyl (C=O) groups is 2. The zero-order chi connectivity index (χ0) is 23.2. The van der Waals surface area contributed by atoms with Gasteiger partial charge in [-0.25, -0.2) is 0 Å². The van der Waals surface area contributed by atoms with Gasteiger partial charge in [0.15, 0.2) is 0 Å². The van der Waals surface area contributed by atoms with Crippen LogP contribution >= 0.6 is 11.6 Å². The van der Waals surface area contributed by atoms with Gasteiger partial charge in [0.25, 0.3) is 5.91 Å². The van der Waals surface area contributed by atoms with Crippen molar-refractivity contribution in [3.8, 4) is 5.75 Å². The van der Waals surface area contributed by atoms with Crippen LogP contribution in [0.4, 0.5) is 0 Å². The molecule has 2 fully saturated rings. The van der Waals surface area contributed by atoms with Crippen molar-refractivity contribution in [2.75, 3.05) is 39.8 Å². The maximum atomic E-state index is 13.0. The van der Waals surface area contributed by atoms with Crippen LogP contribution in [0.2, 0.25) is 5.02 Å². The molecule has 176 valence electrons. The molecule has 0 aromatic heterocycles. The Bertz CT molecular complexity index is 952. The number of rotatable bonds is 7. The number of hydrogen-bond acceptors (Lipinski definition) is 4. The Kier molecular flexibility index (Phi) is 7.89. The van der Waals surface area contributed by atoms with E-state index in [4.69, 9.17) is 16.3 Å². The van der Waals surface area contributed by atoms with Gasteiger partial charge in [0, 0.05) is 36.1 Å². The van der Waals surface area contributed by atoms with Gasteiger partial charge in [0.05, 0.1) is 13.2 Å². The molecular formula is C26H32ClN3O3. The molecule has 1 N–H and O–H groups in total. The van der Waals surface area contributed by atoms with Gasteiger partial charge < -0.3 is 15.0 Å². The molecule has 4 rings (SSSR count). The number of halogens is 1. The topological polar surface area (TPSA) is 61.9 Å². The molecule has 0 radical (unpaired) electrons. The van der Waals surface area contributed by atoms with Gasteiger partial charge >= 0.3 is 0 Å². The minimum atomic E-state index is -0.0659.